The summed E-state index contributed by atoms with van der Waals surface area (Å²) in [5, 5.41) is 8.26. The van der Waals surface area contributed by atoms with Crippen LogP contribution in [-0.2, 0) is 0 Å². The van der Waals surface area contributed by atoms with Gasteiger partial charge in [0, 0.05) is 37.9 Å². The van der Waals surface area contributed by atoms with Crippen LogP contribution in [0.4, 0.5) is 11.8 Å². The van der Waals surface area contributed by atoms with Crippen LogP contribution in [0.25, 0.3) is 0 Å². The number of hydrogen-bond acceptors (Lipinski definition) is 7. The maximum Gasteiger partial charge on any atom is 0.276 e. The number of nitrogens with two attached hydrogens (primary N) is 1. The average Bonchev–Trinajstić information content (AvgIpc) is 3.15. The van der Waals surface area contributed by atoms with Gasteiger partial charge in [0.1, 0.15) is 5.82 Å². The molecule has 1 aliphatic rings. The average molecular weight is 358 g/mol. The van der Waals surface area contributed by atoms with Gasteiger partial charge in [-0.1, -0.05) is 5.21 Å². The molecule has 0 spiro atoms. The molecule has 2 aromatic heterocycles. The molecule has 26 heavy (non-hydrogen) atoms. The van der Waals surface area contributed by atoms with Gasteiger partial charge < -0.3 is 15.5 Å². The van der Waals surface area contributed by atoms with E-state index < -0.39 is 0 Å². The largest absolute Gasteiger partial charge is 0.383 e. The van der Waals surface area contributed by atoms with Crippen LogP contribution in [0.1, 0.15) is 48.8 Å². The lowest BCUT2D eigenvalue weighted by molar-refractivity contribution is 0.0767. The minimum absolute atomic E-state index is 0.0674. The summed E-state index contributed by atoms with van der Waals surface area (Å²) in [4.78, 5) is 25.0. The summed E-state index contributed by atoms with van der Waals surface area (Å²) in [7, 11) is 0. The molecule has 0 atom stereocenters. The topological polar surface area (TPSA) is 106 Å². The fourth-order valence-electron chi connectivity index (χ4n) is 3.15. The van der Waals surface area contributed by atoms with E-state index in [4.69, 9.17) is 5.73 Å². The zero-order chi connectivity index (χ0) is 18.7. The molecular weight excluding hydrogens is 332 g/mol. The van der Waals surface area contributed by atoms with E-state index in [9.17, 15) is 4.79 Å². The number of rotatable bonds is 5. The van der Waals surface area contributed by atoms with E-state index in [0.717, 1.165) is 31.5 Å². The molecule has 3 heterocycles. The number of aryl methyl sites for hydroxylation is 1. The Labute approximate surface area is 153 Å². The summed E-state index contributed by atoms with van der Waals surface area (Å²) in [6.45, 7) is 8.77. The minimum atomic E-state index is -0.0674. The van der Waals surface area contributed by atoms with Gasteiger partial charge in [0.2, 0.25) is 5.95 Å². The second kappa shape index (κ2) is 7.67. The number of carbonyl (C=O) groups is 1. The maximum absolute atomic E-state index is 12.4. The van der Waals surface area contributed by atoms with Crippen LogP contribution < -0.4 is 10.6 Å². The first kappa shape index (κ1) is 18.1. The lowest BCUT2D eigenvalue weighted by Gasteiger charge is -2.31. The summed E-state index contributed by atoms with van der Waals surface area (Å²) >= 11 is 0. The monoisotopic (exact) mass is 358 g/mol. The van der Waals surface area contributed by atoms with Crippen LogP contribution in [0.15, 0.2) is 12.4 Å². The lowest BCUT2D eigenvalue weighted by atomic mass is 10.1. The molecule has 0 aliphatic carbocycles. The predicted molar refractivity (Wildman–Crippen MR) is 98.9 cm³/mol. The van der Waals surface area contributed by atoms with Crippen molar-refractivity contribution in [2.45, 2.75) is 39.7 Å². The van der Waals surface area contributed by atoms with Gasteiger partial charge in [-0.2, -0.15) is 4.98 Å². The molecule has 0 radical (unpaired) electrons. The number of carbonyl (C=O) groups excluding carboxylic acids is 1. The van der Waals surface area contributed by atoms with Gasteiger partial charge in [-0.05, 0) is 33.6 Å². The molecule has 1 saturated heterocycles. The highest BCUT2D eigenvalue weighted by molar-refractivity contribution is 5.91. The predicted octanol–water partition coefficient (Wildman–Crippen LogP) is 1.28. The summed E-state index contributed by atoms with van der Waals surface area (Å²) in [5.74, 6) is 1.12. The van der Waals surface area contributed by atoms with Crippen molar-refractivity contribution in [2.24, 2.45) is 0 Å². The molecule has 1 fully saturated rings. The van der Waals surface area contributed by atoms with Gasteiger partial charge in [0.15, 0.2) is 5.69 Å². The standard InChI is InChI=1S/C17H26N8O/c1-4-23(5-2)16(26)14-11-25(22-21-14)13-6-8-24(9-7-13)17-19-10-12(3)15(18)20-17/h10-11,13H,4-9H2,1-3H3,(H2,18,19,20). The van der Waals surface area contributed by atoms with Gasteiger partial charge in [-0.3, -0.25) is 4.79 Å². The van der Waals surface area contributed by atoms with Gasteiger partial charge >= 0.3 is 0 Å². The molecule has 0 aromatic carbocycles. The van der Waals surface area contributed by atoms with Crippen molar-refractivity contribution in [1.82, 2.24) is 29.9 Å². The molecule has 0 saturated carbocycles. The van der Waals surface area contributed by atoms with Crippen LogP contribution in [0.2, 0.25) is 0 Å². The zero-order valence-corrected chi connectivity index (χ0v) is 15.6. The summed E-state index contributed by atoms with van der Waals surface area (Å²) in [6, 6.07) is 0.222. The van der Waals surface area contributed by atoms with E-state index in [-0.39, 0.29) is 11.9 Å². The van der Waals surface area contributed by atoms with Crippen molar-refractivity contribution in [3.8, 4) is 0 Å². The van der Waals surface area contributed by atoms with Gasteiger partial charge in [0.05, 0.1) is 12.2 Å². The maximum atomic E-state index is 12.4. The van der Waals surface area contributed by atoms with Crippen molar-refractivity contribution < 1.29 is 4.79 Å². The molecule has 3 rings (SSSR count). The molecule has 2 aromatic rings. The van der Waals surface area contributed by atoms with E-state index in [2.05, 4.69) is 25.2 Å². The lowest BCUT2D eigenvalue weighted by Crippen LogP contribution is -2.36. The van der Waals surface area contributed by atoms with Crippen LogP contribution in [0.3, 0.4) is 0 Å². The number of amides is 1. The number of nitrogen functional groups attached to an aromatic ring is 1. The minimum Gasteiger partial charge on any atom is -0.383 e. The third-order valence-corrected chi connectivity index (χ3v) is 4.90. The Morgan fingerprint density at radius 1 is 1.31 bits per heavy atom. The van der Waals surface area contributed by atoms with Crippen LogP contribution in [0, 0.1) is 6.92 Å². The molecular formula is C17H26N8O. The first-order valence-electron chi connectivity index (χ1n) is 9.08. The fourth-order valence-corrected chi connectivity index (χ4v) is 3.15. The van der Waals surface area contributed by atoms with Crippen molar-refractivity contribution in [3.05, 3.63) is 23.7 Å². The second-order valence-corrected chi connectivity index (χ2v) is 6.52. The Hall–Kier alpha value is -2.71. The SMILES string of the molecule is CCN(CC)C(=O)c1cn(C2CCN(c3ncc(C)c(N)n3)CC2)nn1. The summed E-state index contributed by atoms with van der Waals surface area (Å²) in [5.41, 5.74) is 7.18. The quantitative estimate of drug-likeness (QED) is 0.858. The summed E-state index contributed by atoms with van der Waals surface area (Å²) in [6.07, 6.45) is 5.30. The van der Waals surface area contributed by atoms with E-state index in [1.54, 1.807) is 17.3 Å². The van der Waals surface area contributed by atoms with Crippen LogP contribution in [0.5, 0.6) is 0 Å². The van der Waals surface area contributed by atoms with E-state index in [1.165, 1.54) is 0 Å². The van der Waals surface area contributed by atoms with Crippen molar-refractivity contribution in [1.29, 1.82) is 0 Å². The highest BCUT2D eigenvalue weighted by atomic mass is 16.2. The van der Waals surface area contributed by atoms with Crippen LogP contribution in [-0.4, -0.2) is 61.9 Å². The van der Waals surface area contributed by atoms with Gasteiger partial charge in [-0.15, -0.1) is 5.10 Å². The molecule has 0 unspecified atom stereocenters. The molecule has 9 nitrogen and oxygen atoms in total. The molecule has 2 N–H and O–H groups in total. The Balaban J connectivity index is 1.63. The number of nitrogens with zero attached hydrogens (tertiary/aromatic N) is 7. The smallest absolute Gasteiger partial charge is 0.276 e. The molecule has 140 valence electrons. The highest BCUT2D eigenvalue weighted by Gasteiger charge is 2.25. The first-order valence-corrected chi connectivity index (χ1v) is 9.08. The van der Waals surface area contributed by atoms with Gasteiger partial charge in [-0.25, -0.2) is 9.67 Å². The summed E-state index contributed by atoms with van der Waals surface area (Å²) < 4.78 is 1.82. The van der Waals surface area contributed by atoms with Crippen molar-refractivity contribution >= 4 is 17.7 Å². The van der Waals surface area contributed by atoms with Crippen molar-refractivity contribution in [2.75, 3.05) is 36.8 Å². The van der Waals surface area contributed by atoms with E-state index >= 15 is 0 Å². The van der Waals surface area contributed by atoms with E-state index in [1.807, 2.05) is 25.5 Å². The Morgan fingerprint density at radius 3 is 2.62 bits per heavy atom. The van der Waals surface area contributed by atoms with Crippen molar-refractivity contribution in [3.63, 3.8) is 0 Å². The fraction of sp³-hybridized carbons (Fsp3) is 0.588. The first-order chi connectivity index (χ1) is 12.5. The molecule has 0 bridgehead atoms. The number of aromatic nitrogens is 5. The molecule has 1 amide bonds. The Kier molecular flexibility index (Phi) is 5.34. The van der Waals surface area contributed by atoms with E-state index in [0.29, 0.717) is 30.5 Å². The number of hydrogen-bond donors (Lipinski definition) is 1. The molecule has 9 heteroatoms. The van der Waals surface area contributed by atoms with Gasteiger partial charge in [0.25, 0.3) is 5.91 Å². The third-order valence-electron chi connectivity index (χ3n) is 4.90. The Bertz CT molecular complexity index is 762. The normalized spacial score (nSPS) is 15.3. The molecule has 1 aliphatic heterocycles. The number of anilines is 2. The third kappa shape index (κ3) is 3.61. The second-order valence-electron chi connectivity index (χ2n) is 6.52. The Morgan fingerprint density at radius 2 is 2.00 bits per heavy atom. The zero-order valence-electron chi connectivity index (χ0n) is 15.6. The highest BCUT2D eigenvalue weighted by Crippen LogP contribution is 2.25. The van der Waals surface area contributed by atoms with Crippen LogP contribution >= 0.6 is 0 Å². The number of piperidine rings is 1.